The number of likely N-dealkylation sites (tertiary alicyclic amines) is 1. The summed E-state index contributed by atoms with van der Waals surface area (Å²) in [6.07, 6.45) is 5.21. The Labute approximate surface area is 149 Å². The Morgan fingerprint density at radius 2 is 2.12 bits per heavy atom. The molecule has 1 aromatic carbocycles. The van der Waals surface area contributed by atoms with Gasteiger partial charge in [0.25, 0.3) is 11.8 Å². The molecule has 8 heteroatoms. The molecule has 2 aromatic heterocycles. The molecule has 1 atom stereocenters. The van der Waals surface area contributed by atoms with E-state index >= 15 is 0 Å². The molecule has 0 unspecified atom stereocenters. The summed E-state index contributed by atoms with van der Waals surface area (Å²) in [7, 11) is 1.86. The van der Waals surface area contributed by atoms with E-state index < -0.39 is 0 Å². The Hall–Kier alpha value is -3.03. The van der Waals surface area contributed by atoms with Gasteiger partial charge in [-0.05, 0) is 37.1 Å². The maximum absolute atomic E-state index is 13.1. The summed E-state index contributed by atoms with van der Waals surface area (Å²) in [5.41, 5.74) is 0.480. The average Bonchev–Trinajstić information content (AvgIpc) is 3.30. The van der Waals surface area contributed by atoms with E-state index in [1.54, 1.807) is 11.1 Å². The van der Waals surface area contributed by atoms with Gasteiger partial charge in [-0.25, -0.2) is 9.37 Å². The molecule has 4 rings (SSSR count). The number of hydrogen-bond donors (Lipinski definition) is 0. The molecule has 1 aliphatic rings. The Bertz CT molecular complexity index is 918. The number of aryl methyl sites for hydroxylation is 1. The van der Waals surface area contributed by atoms with E-state index in [-0.39, 0.29) is 17.6 Å². The molecule has 134 valence electrons. The van der Waals surface area contributed by atoms with Crippen molar-refractivity contribution in [3.05, 3.63) is 53.9 Å². The monoisotopic (exact) mass is 355 g/mol. The molecule has 1 fully saturated rings. The van der Waals surface area contributed by atoms with Crippen LogP contribution in [0, 0.1) is 5.82 Å². The van der Waals surface area contributed by atoms with Gasteiger partial charge in [0.15, 0.2) is 11.6 Å². The van der Waals surface area contributed by atoms with Crippen molar-refractivity contribution < 1.29 is 13.7 Å². The lowest BCUT2D eigenvalue weighted by Gasteiger charge is -2.31. The zero-order valence-corrected chi connectivity index (χ0v) is 14.3. The SMILES string of the molecule is Cn1ccnc1-c1nc([C@H]2CCCN(C(=O)c3ccc(F)cc3)C2)no1. The topological polar surface area (TPSA) is 77.1 Å². The van der Waals surface area contributed by atoms with Crippen LogP contribution in [0.3, 0.4) is 0 Å². The summed E-state index contributed by atoms with van der Waals surface area (Å²) >= 11 is 0. The molecule has 1 saturated heterocycles. The maximum atomic E-state index is 13.1. The third-order valence-corrected chi connectivity index (χ3v) is 4.62. The molecule has 0 bridgehead atoms. The number of nitrogens with zero attached hydrogens (tertiary/aromatic N) is 5. The Balaban J connectivity index is 1.50. The summed E-state index contributed by atoms with van der Waals surface area (Å²) in [4.78, 5) is 23.1. The first-order chi connectivity index (χ1) is 12.6. The molecule has 0 N–H and O–H groups in total. The van der Waals surface area contributed by atoms with E-state index in [1.807, 2.05) is 17.8 Å². The van der Waals surface area contributed by atoms with E-state index in [0.29, 0.717) is 36.2 Å². The zero-order chi connectivity index (χ0) is 18.1. The number of amides is 1. The first kappa shape index (κ1) is 16.4. The summed E-state index contributed by atoms with van der Waals surface area (Å²) in [5, 5.41) is 4.09. The van der Waals surface area contributed by atoms with Crippen LogP contribution in [0.2, 0.25) is 0 Å². The fraction of sp³-hybridized carbons (Fsp3) is 0.333. The van der Waals surface area contributed by atoms with Gasteiger partial charge in [-0.15, -0.1) is 0 Å². The van der Waals surface area contributed by atoms with Crippen molar-refractivity contribution >= 4 is 5.91 Å². The molecule has 3 aromatic rings. The predicted molar refractivity (Wildman–Crippen MR) is 90.8 cm³/mol. The second-order valence-electron chi connectivity index (χ2n) is 6.42. The number of carbonyl (C=O) groups is 1. The van der Waals surface area contributed by atoms with Crippen molar-refractivity contribution in [2.75, 3.05) is 13.1 Å². The van der Waals surface area contributed by atoms with Crippen LogP contribution >= 0.6 is 0 Å². The number of halogens is 1. The molecule has 0 aliphatic carbocycles. The Morgan fingerprint density at radius 1 is 1.31 bits per heavy atom. The number of imidazole rings is 1. The molecular weight excluding hydrogens is 337 g/mol. The molecule has 1 amide bonds. The number of hydrogen-bond acceptors (Lipinski definition) is 5. The molecule has 1 aliphatic heterocycles. The molecule has 26 heavy (non-hydrogen) atoms. The molecule has 3 heterocycles. The fourth-order valence-electron chi connectivity index (χ4n) is 3.21. The van der Waals surface area contributed by atoms with Gasteiger partial charge >= 0.3 is 0 Å². The lowest BCUT2D eigenvalue weighted by atomic mass is 9.96. The van der Waals surface area contributed by atoms with Crippen molar-refractivity contribution in [3.63, 3.8) is 0 Å². The summed E-state index contributed by atoms with van der Waals surface area (Å²) in [5.74, 6) is 1.10. The van der Waals surface area contributed by atoms with Gasteiger partial charge in [0, 0.05) is 44.0 Å². The third-order valence-electron chi connectivity index (χ3n) is 4.62. The normalized spacial score (nSPS) is 17.5. The minimum Gasteiger partial charge on any atom is -0.338 e. The largest absolute Gasteiger partial charge is 0.338 e. The van der Waals surface area contributed by atoms with Crippen LogP contribution in [0.4, 0.5) is 4.39 Å². The van der Waals surface area contributed by atoms with E-state index in [0.717, 1.165) is 12.8 Å². The lowest BCUT2D eigenvalue weighted by Crippen LogP contribution is -2.39. The van der Waals surface area contributed by atoms with Gasteiger partial charge in [-0.1, -0.05) is 5.16 Å². The Kier molecular flexibility index (Phi) is 4.24. The van der Waals surface area contributed by atoms with Gasteiger partial charge in [-0.2, -0.15) is 4.98 Å². The minimum absolute atomic E-state index is 0.00548. The van der Waals surface area contributed by atoms with Crippen molar-refractivity contribution in [2.24, 2.45) is 7.05 Å². The minimum atomic E-state index is -0.355. The Morgan fingerprint density at radius 3 is 2.85 bits per heavy atom. The quantitative estimate of drug-likeness (QED) is 0.722. The highest BCUT2D eigenvalue weighted by Gasteiger charge is 2.29. The van der Waals surface area contributed by atoms with E-state index in [9.17, 15) is 9.18 Å². The molecule has 7 nitrogen and oxygen atoms in total. The second-order valence-corrected chi connectivity index (χ2v) is 6.42. The van der Waals surface area contributed by atoms with Crippen LogP contribution in [0.15, 0.2) is 41.2 Å². The molecule has 0 spiro atoms. The molecular formula is C18H18FN5O2. The zero-order valence-electron chi connectivity index (χ0n) is 14.3. The van der Waals surface area contributed by atoms with Crippen LogP contribution in [0.25, 0.3) is 11.7 Å². The van der Waals surface area contributed by atoms with Gasteiger partial charge < -0.3 is 14.0 Å². The molecule has 0 radical (unpaired) electrons. The smallest absolute Gasteiger partial charge is 0.293 e. The number of carbonyl (C=O) groups excluding carboxylic acids is 1. The summed E-state index contributed by atoms with van der Waals surface area (Å²) in [6, 6.07) is 5.61. The number of piperidine rings is 1. The highest BCUT2D eigenvalue weighted by atomic mass is 19.1. The van der Waals surface area contributed by atoms with E-state index in [4.69, 9.17) is 4.52 Å². The number of aromatic nitrogens is 4. The van der Waals surface area contributed by atoms with Gasteiger partial charge in [0.05, 0.1) is 0 Å². The predicted octanol–water partition coefficient (Wildman–Crippen LogP) is 2.63. The van der Waals surface area contributed by atoms with Crippen molar-refractivity contribution in [1.82, 2.24) is 24.6 Å². The van der Waals surface area contributed by atoms with E-state index in [2.05, 4.69) is 15.1 Å². The average molecular weight is 355 g/mol. The summed E-state index contributed by atoms with van der Waals surface area (Å²) < 4.78 is 20.2. The van der Waals surface area contributed by atoms with Crippen molar-refractivity contribution in [3.8, 4) is 11.7 Å². The van der Waals surface area contributed by atoms with Gasteiger partial charge in [0.2, 0.25) is 0 Å². The molecule has 0 saturated carbocycles. The standard InChI is InChI=1S/C18H18FN5O2/c1-23-10-8-20-16(23)17-21-15(22-26-17)13-3-2-9-24(11-13)18(25)12-4-6-14(19)7-5-12/h4-8,10,13H,2-3,9,11H2,1H3/t13-/m0/s1. The highest BCUT2D eigenvalue weighted by Crippen LogP contribution is 2.27. The van der Waals surface area contributed by atoms with Crippen LogP contribution in [-0.2, 0) is 7.05 Å². The van der Waals surface area contributed by atoms with Crippen molar-refractivity contribution in [1.29, 1.82) is 0 Å². The van der Waals surface area contributed by atoms with Crippen LogP contribution in [-0.4, -0.2) is 43.6 Å². The first-order valence-electron chi connectivity index (χ1n) is 8.48. The van der Waals surface area contributed by atoms with Crippen molar-refractivity contribution in [2.45, 2.75) is 18.8 Å². The lowest BCUT2D eigenvalue weighted by molar-refractivity contribution is 0.0703. The van der Waals surface area contributed by atoms with E-state index in [1.165, 1.54) is 24.3 Å². The maximum Gasteiger partial charge on any atom is 0.293 e. The van der Waals surface area contributed by atoms with Crippen LogP contribution in [0.5, 0.6) is 0 Å². The highest BCUT2D eigenvalue weighted by molar-refractivity contribution is 5.94. The van der Waals surface area contributed by atoms with Crippen LogP contribution < -0.4 is 0 Å². The van der Waals surface area contributed by atoms with Gasteiger partial charge in [0.1, 0.15) is 5.82 Å². The summed E-state index contributed by atoms with van der Waals surface area (Å²) in [6.45, 7) is 1.17. The number of benzene rings is 1. The van der Waals surface area contributed by atoms with Crippen LogP contribution in [0.1, 0.15) is 34.9 Å². The first-order valence-corrected chi connectivity index (χ1v) is 8.48. The third kappa shape index (κ3) is 3.10. The second kappa shape index (κ2) is 6.70. The van der Waals surface area contributed by atoms with Gasteiger partial charge in [-0.3, -0.25) is 4.79 Å². The number of rotatable bonds is 3. The fourth-order valence-corrected chi connectivity index (χ4v) is 3.21.